The number of hydrogen-bond acceptors (Lipinski definition) is 3. The van der Waals surface area contributed by atoms with Gasteiger partial charge in [-0.25, -0.2) is 8.42 Å². The summed E-state index contributed by atoms with van der Waals surface area (Å²) in [6, 6.07) is 14.7. The maximum atomic E-state index is 12.2. The van der Waals surface area contributed by atoms with Gasteiger partial charge < -0.3 is 10.6 Å². The zero-order valence-corrected chi connectivity index (χ0v) is 17.7. The highest BCUT2D eigenvalue weighted by Gasteiger charge is 2.28. The zero-order valence-electron chi connectivity index (χ0n) is 16.9. The normalized spacial score (nSPS) is 14.2. The third-order valence-corrected chi connectivity index (χ3v) is 7.12. The summed E-state index contributed by atoms with van der Waals surface area (Å²) >= 11 is 0. The Bertz CT molecular complexity index is 899. The monoisotopic (exact) mass is 389 g/mol. The molecule has 0 fully saturated rings. The van der Waals surface area contributed by atoms with E-state index in [9.17, 15) is 8.42 Å². The Hall–Kier alpha value is -2.08. The minimum absolute atomic E-state index is 0.0391. The Balaban J connectivity index is 2.09. The van der Waals surface area contributed by atoms with E-state index < -0.39 is 14.6 Å². The predicted octanol–water partition coefficient (Wildman–Crippen LogP) is 3.67. The second kappa shape index (κ2) is 8.74. The molecule has 0 aromatic heterocycles. The first-order valence-corrected chi connectivity index (χ1v) is 11.0. The molecular formula is C21H31N3O2S. The van der Waals surface area contributed by atoms with Crippen molar-refractivity contribution in [2.24, 2.45) is 4.99 Å². The van der Waals surface area contributed by atoms with Crippen LogP contribution in [0, 0.1) is 0 Å². The molecule has 148 valence electrons. The van der Waals surface area contributed by atoms with Crippen molar-refractivity contribution in [2.45, 2.75) is 45.4 Å². The molecule has 6 heteroatoms. The fraction of sp³-hybridized carbons (Fsp3) is 0.476. The van der Waals surface area contributed by atoms with E-state index in [2.05, 4.69) is 52.9 Å². The molecule has 5 nitrogen and oxygen atoms in total. The number of nitrogens with zero attached hydrogens (tertiary/aromatic N) is 1. The van der Waals surface area contributed by atoms with Crippen LogP contribution in [0.4, 0.5) is 0 Å². The van der Waals surface area contributed by atoms with E-state index in [1.807, 2.05) is 19.1 Å². The molecule has 0 aliphatic heterocycles. The molecule has 0 amide bonds. The van der Waals surface area contributed by atoms with Gasteiger partial charge in [-0.1, -0.05) is 36.4 Å². The third-order valence-electron chi connectivity index (χ3n) is 4.53. The number of hydrogen-bond donors (Lipinski definition) is 2. The van der Waals surface area contributed by atoms with Crippen molar-refractivity contribution >= 4 is 26.6 Å². The van der Waals surface area contributed by atoms with Crippen molar-refractivity contribution in [3.8, 4) is 0 Å². The summed E-state index contributed by atoms with van der Waals surface area (Å²) < 4.78 is 23.7. The Morgan fingerprint density at radius 2 is 1.78 bits per heavy atom. The molecule has 0 bridgehead atoms. The van der Waals surface area contributed by atoms with Crippen LogP contribution in [0.25, 0.3) is 10.8 Å². The Morgan fingerprint density at radius 1 is 1.11 bits per heavy atom. The minimum Gasteiger partial charge on any atom is -0.357 e. The molecule has 27 heavy (non-hydrogen) atoms. The van der Waals surface area contributed by atoms with E-state index in [0.29, 0.717) is 12.5 Å². The first-order chi connectivity index (χ1) is 12.6. The van der Waals surface area contributed by atoms with Crippen molar-refractivity contribution in [1.82, 2.24) is 10.6 Å². The topological polar surface area (TPSA) is 70.6 Å². The number of benzene rings is 2. The standard InChI is InChI=1S/C21H31N3O2S/c1-6-22-20(23-13-14-27(25,26)21(3,4)5)24-16(2)18-12-11-17-9-7-8-10-19(17)15-18/h7-12,15-16H,6,13-14H2,1-5H3,(H2,22,23,24). The second-order valence-corrected chi connectivity index (χ2v) is 10.5. The lowest BCUT2D eigenvalue weighted by molar-refractivity contribution is 0.560. The summed E-state index contributed by atoms with van der Waals surface area (Å²) in [7, 11) is -3.18. The quantitative estimate of drug-likeness (QED) is 0.584. The second-order valence-electron chi connectivity index (χ2n) is 7.66. The van der Waals surface area contributed by atoms with E-state index >= 15 is 0 Å². The lowest BCUT2D eigenvalue weighted by Gasteiger charge is -2.20. The summed E-state index contributed by atoms with van der Waals surface area (Å²) in [6.45, 7) is 10.2. The van der Waals surface area contributed by atoms with Gasteiger partial charge in [-0.3, -0.25) is 4.99 Å². The summed E-state index contributed by atoms with van der Waals surface area (Å²) in [5.74, 6) is 0.666. The number of fused-ring (bicyclic) bond motifs is 1. The van der Waals surface area contributed by atoms with Gasteiger partial charge in [0.15, 0.2) is 15.8 Å². The molecular weight excluding hydrogens is 358 g/mol. The van der Waals surface area contributed by atoms with E-state index in [1.54, 1.807) is 20.8 Å². The van der Waals surface area contributed by atoms with Crippen LogP contribution in [0.1, 0.15) is 46.2 Å². The highest BCUT2D eigenvalue weighted by Crippen LogP contribution is 2.20. The van der Waals surface area contributed by atoms with Crippen molar-refractivity contribution in [2.75, 3.05) is 18.8 Å². The van der Waals surface area contributed by atoms with Crippen molar-refractivity contribution in [3.05, 3.63) is 48.0 Å². The third kappa shape index (κ3) is 5.70. The summed E-state index contributed by atoms with van der Waals surface area (Å²) in [5, 5.41) is 8.96. The van der Waals surface area contributed by atoms with Crippen LogP contribution in [-0.4, -0.2) is 38.0 Å². The molecule has 2 N–H and O–H groups in total. The molecule has 1 unspecified atom stereocenters. The predicted molar refractivity (Wildman–Crippen MR) is 115 cm³/mol. The highest BCUT2D eigenvalue weighted by molar-refractivity contribution is 7.92. The smallest absolute Gasteiger partial charge is 0.191 e. The molecule has 0 saturated carbocycles. The van der Waals surface area contributed by atoms with E-state index in [1.165, 1.54) is 10.8 Å². The maximum Gasteiger partial charge on any atom is 0.191 e. The summed E-state index contributed by atoms with van der Waals surface area (Å²) in [6.07, 6.45) is 0. The van der Waals surface area contributed by atoms with Gasteiger partial charge in [0.1, 0.15) is 0 Å². The fourth-order valence-electron chi connectivity index (χ4n) is 2.67. The molecule has 1 atom stereocenters. The molecule has 0 radical (unpaired) electrons. The number of rotatable bonds is 6. The first-order valence-electron chi connectivity index (χ1n) is 9.40. The molecule has 0 saturated heterocycles. The van der Waals surface area contributed by atoms with Gasteiger partial charge in [0.25, 0.3) is 0 Å². The van der Waals surface area contributed by atoms with Crippen LogP contribution in [0.2, 0.25) is 0 Å². The van der Waals surface area contributed by atoms with Gasteiger partial charge in [0.2, 0.25) is 0 Å². The average Bonchev–Trinajstić information content (AvgIpc) is 2.60. The van der Waals surface area contributed by atoms with Crippen LogP contribution in [0.15, 0.2) is 47.5 Å². The van der Waals surface area contributed by atoms with Gasteiger partial charge in [-0.15, -0.1) is 0 Å². The van der Waals surface area contributed by atoms with E-state index in [-0.39, 0.29) is 18.3 Å². The van der Waals surface area contributed by atoms with Gasteiger partial charge in [0.05, 0.1) is 23.1 Å². The van der Waals surface area contributed by atoms with Crippen LogP contribution in [0.5, 0.6) is 0 Å². The van der Waals surface area contributed by atoms with Crippen LogP contribution >= 0.6 is 0 Å². The van der Waals surface area contributed by atoms with E-state index in [4.69, 9.17) is 0 Å². The maximum absolute atomic E-state index is 12.2. The molecule has 0 aliphatic carbocycles. The Kier molecular flexibility index (Phi) is 6.87. The number of guanidine groups is 1. The SMILES string of the molecule is CCNC(=NCCS(=O)(=O)C(C)(C)C)NC(C)c1ccc2ccccc2c1. The van der Waals surface area contributed by atoms with Crippen LogP contribution < -0.4 is 10.6 Å². The lowest BCUT2D eigenvalue weighted by Crippen LogP contribution is -2.39. The van der Waals surface area contributed by atoms with Crippen molar-refractivity contribution in [3.63, 3.8) is 0 Å². The van der Waals surface area contributed by atoms with E-state index in [0.717, 1.165) is 5.56 Å². The largest absolute Gasteiger partial charge is 0.357 e. The molecule has 2 aromatic carbocycles. The van der Waals surface area contributed by atoms with Crippen LogP contribution in [0.3, 0.4) is 0 Å². The molecule has 0 aliphatic rings. The minimum atomic E-state index is -3.18. The Labute approximate surface area is 163 Å². The van der Waals surface area contributed by atoms with Crippen molar-refractivity contribution in [1.29, 1.82) is 0 Å². The number of sulfone groups is 1. The van der Waals surface area contributed by atoms with Crippen molar-refractivity contribution < 1.29 is 8.42 Å². The Morgan fingerprint density at radius 3 is 2.41 bits per heavy atom. The fourth-order valence-corrected chi connectivity index (χ4v) is 3.61. The summed E-state index contributed by atoms with van der Waals surface area (Å²) in [4.78, 5) is 4.46. The summed E-state index contributed by atoms with van der Waals surface area (Å²) in [5.41, 5.74) is 1.15. The number of nitrogens with one attached hydrogen (secondary N) is 2. The average molecular weight is 390 g/mol. The molecule has 2 rings (SSSR count). The number of aliphatic imine (C=N–C) groups is 1. The highest BCUT2D eigenvalue weighted by atomic mass is 32.2. The van der Waals surface area contributed by atoms with Gasteiger partial charge in [-0.2, -0.15) is 0 Å². The zero-order chi connectivity index (χ0) is 20.1. The van der Waals surface area contributed by atoms with Gasteiger partial charge in [-0.05, 0) is 57.0 Å². The van der Waals surface area contributed by atoms with Gasteiger partial charge in [0, 0.05) is 6.54 Å². The van der Waals surface area contributed by atoms with Gasteiger partial charge >= 0.3 is 0 Å². The molecule has 0 spiro atoms. The van der Waals surface area contributed by atoms with Crippen LogP contribution in [-0.2, 0) is 9.84 Å². The first kappa shape index (κ1) is 21.2. The molecule has 0 heterocycles. The molecule has 2 aromatic rings. The lowest BCUT2D eigenvalue weighted by atomic mass is 10.0.